The molecule has 0 unspecified atom stereocenters. The first kappa shape index (κ1) is 28.8. The average Bonchev–Trinajstić information content (AvgIpc) is 2.63. The van der Waals surface area contributed by atoms with Gasteiger partial charge in [-0.3, -0.25) is 10.6 Å². The molecule has 2 aromatic carbocycles. The molecule has 0 atom stereocenters. The lowest BCUT2D eigenvalue weighted by molar-refractivity contribution is -0.139. The molecule has 0 fully saturated rings. The van der Waals surface area contributed by atoms with Gasteiger partial charge in [-0.15, -0.1) is 0 Å². The summed E-state index contributed by atoms with van der Waals surface area (Å²) in [5.41, 5.74) is -6.85. The minimum absolute atomic E-state index is 0.322. The van der Waals surface area contributed by atoms with E-state index in [4.69, 9.17) is 9.47 Å². The van der Waals surface area contributed by atoms with Crippen molar-refractivity contribution >= 4 is 23.6 Å². The molecule has 6 nitrogen and oxygen atoms in total. The number of amides is 2. The average molecular weight is 520 g/mol. The molecule has 0 spiro atoms. The number of nitrogens with one attached hydrogen (secondary N) is 2. The Morgan fingerprint density at radius 1 is 0.611 bits per heavy atom. The number of carbonyl (C=O) groups excluding carboxylic acids is 2. The second-order valence-corrected chi connectivity index (χ2v) is 9.77. The summed E-state index contributed by atoms with van der Waals surface area (Å²) in [5, 5.41) is 4.28. The number of hydrogen-bond donors (Lipinski definition) is 2. The van der Waals surface area contributed by atoms with Crippen molar-refractivity contribution in [1.29, 1.82) is 0 Å². The van der Waals surface area contributed by atoms with E-state index >= 15 is 0 Å². The molecule has 0 aromatic heterocycles. The van der Waals surface area contributed by atoms with Gasteiger partial charge in [0.25, 0.3) is 0 Å². The fraction of sp³-hybridized carbons (Fsp3) is 0.417. The van der Waals surface area contributed by atoms with E-state index in [1.165, 1.54) is 0 Å². The molecule has 12 heteroatoms. The maximum atomic E-state index is 13.9. The van der Waals surface area contributed by atoms with Crippen molar-refractivity contribution in [1.82, 2.24) is 0 Å². The van der Waals surface area contributed by atoms with E-state index in [2.05, 4.69) is 10.6 Å². The van der Waals surface area contributed by atoms with Crippen molar-refractivity contribution < 1.29 is 45.4 Å². The zero-order valence-corrected chi connectivity index (χ0v) is 20.4. The number of alkyl halides is 6. The van der Waals surface area contributed by atoms with E-state index in [-0.39, 0.29) is 11.4 Å². The molecular weight excluding hydrogens is 494 g/mol. The fourth-order valence-corrected chi connectivity index (χ4v) is 3.03. The lowest BCUT2D eigenvalue weighted by Crippen LogP contribution is -2.27. The number of rotatable bonds is 3. The van der Waals surface area contributed by atoms with E-state index in [0.717, 1.165) is 24.3 Å². The first-order valence-corrected chi connectivity index (χ1v) is 10.6. The van der Waals surface area contributed by atoms with Crippen molar-refractivity contribution in [2.45, 2.75) is 65.1 Å². The van der Waals surface area contributed by atoms with Gasteiger partial charge in [0.05, 0.1) is 11.1 Å². The highest BCUT2D eigenvalue weighted by molar-refractivity contribution is 5.88. The molecule has 198 valence electrons. The van der Waals surface area contributed by atoms with Gasteiger partial charge in [-0.05, 0) is 76.9 Å². The summed E-state index contributed by atoms with van der Waals surface area (Å²) in [6, 6.07) is 4.74. The molecule has 0 aliphatic carbocycles. The van der Waals surface area contributed by atoms with E-state index in [1.54, 1.807) is 41.5 Å². The van der Waals surface area contributed by atoms with Crippen molar-refractivity contribution in [3.8, 4) is 11.1 Å². The Morgan fingerprint density at radius 2 is 0.917 bits per heavy atom. The zero-order valence-electron chi connectivity index (χ0n) is 20.4. The van der Waals surface area contributed by atoms with Crippen LogP contribution < -0.4 is 10.6 Å². The van der Waals surface area contributed by atoms with E-state index in [1.807, 2.05) is 0 Å². The Kier molecular flexibility index (Phi) is 7.92. The molecule has 0 radical (unpaired) electrons. The molecule has 0 saturated carbocycles. The summed E-state index contributed by atoms with van der Waals surface area (Å²) in [6.07, 6.45) is -12.2. The molecule has 0 heterocycles. The van der Waals surface area contributed by atoms with Crippen molar-refractivity contribution in [3.05, 3.63) is 47.5 Å². The Balaban J connectivity index is 2.54. The Bertz CT molecular complexity index is 1040. The smallest absolute Gasteiger partial charge is 0.417 e. The summed E-state index contributed by atoms with van der Waals surface area (Å²) in [6.45, 7) is 9.31. The second kappa shape index (κ2) is 9.90. The monoisotopic (exact) mass is 520 g/mol. The summed E-state index contributed by atoms with van der Waals surface area (Å²) in [4.78, 5) is 23.9. The van der Waals surface area contributed by atoms with Gasteiger partial charge < -0.3 is 9.47 Å². The molecule has 2 rings (SSSR count). The molecule has 0 aliphatic rings. The molecule has 2 amide bonds. The van der Waals surface area contributed by atoms with Crippen LogP contribution in [-0.2, 0) is 21.8 Å². The van der Waals surface area contributed by atoms with Gasteiger partial charge >= 0.3 is 24.5 Å². The minimum atomic E-state index is -5.06. The van der Waals surface area contributed by atoms with Gasteiger partial charge in [-0.25, -0.2) is 9.59 Å². The fourth-order valence-electron chi connectivity index (χ4n) is 3.03. The quantitative estimate of drug-likeness (QED) is 0.401. The van der Waals surface area contributed by atoms with Gasteiger partial charge in [-0.1, -0.05) is 12.1 Å². The predicted molar refractivity (Wildman–Crippen MR) is 122 cm³/mol. The molecule has 0 aliphatic heterocycles. The second-order valence-electron chi connectivity index (χ2n) is 9.77. The van der Waals surface area contributed by atoms with Crippen molar-refractivity contribution in [3.63, 3.8) is 0 Å². The Labute approximate surface area is 204 Å². The Hall–Kier alpha value is -3.44. The third-order valence-corrected chi connectivity index (χ3v) is 4.23. The van der Waals surface area contributed by atoms with Crippen molar-refractivity contribution in [2.24, 2.45) is 0 Å². The Morgan fingerprint density at radius 3 is 1.17 bits per heavy atom. The van der Waals surface area contributed by atoms with Gasteiger partial charge in [0.15, 0.2) is 0 Å². The highest BCUT2D eigenvalue weighted by Gasteiger charge is 2.39. The summed E-state index contributed by atoms with van der Waals surface area (Å²) < 4.78 is 93.2. The van der Waals surface area contributed by atoms with Crippen molar-refractivity contribution in [2.75, 3.05) is 10.6 Å². The van der Waals surface area contributed by atoms with Crippen LogP contribution in [0.4, 0.5) is 47.3 Å². The zero-order chi connectivity index (χ0) is 27.7. The highest BCUT2D eigenvalue weighted by Crippen LogP contribution is 2.44. The topological polar surface area (TPSA) is 76.7 Å². The standard InChI is InChI=1S/C24H26F6N2O4/c1-21(2,3)35-19(33)31-13-7-9-15(17(11-13)23(25,26)27)16-10-8-14(12-18(16)24(28,29)30)32-20(34)36-22(4,5)6/h7-12H,1-6H3,(H,31,33)(H,32,34). The number of benzene rings is 2. The first-order valence-electron chi connectivity index (χ1n) is 10.6. The van der Waals surface area contributed by atoms with Gasteiger partial charge in [0, 0.05) is 11.4 Å². The number of halogens is 6. The first-order chi connectivity index (χ1) is 16.2. The van der Waals surface area contributed by atoms with Crippen LogP contribution in [0.3, 0.4) is 0 Å². The summed E-state index contributed by atoms with van der Waals surface area (Å²) >= 11 is 0. The molecule has 0 saturated heterocycles. The third kappa shape index (κ3) is 8.35. The van der Waals surface area contributed by atoms with Crippen LogP contribution in [0.5, 0.6) is 0 Å². The number of carbonyl (C=O) groups is 2. The van der Waals surface area contributed by atoms with Crippen LogP contribution in [0.2, 0.25) is 0 Å². The minimum Gasteiger partial charge on any atom is -0.444 e. The van der Waals surface area contributed by atoms with Gasteiger partial charge in [0.1, 0.15) is 11.2 Å². The van der Waals surface area contributed by atoms with E-state index in [9.17, 15) is 35.9 Å². The largest absolute Gasteiger partial charge is 0.444 e. The van der Waals surface area contributed by atoms with Crippen LogP contribution in [0.1, 0.15) is 52.7 Å². The summed E-state index contributed by atoms with van der Waals surface area (Å²) in [7, 11) is 0. The molecular formula is C24H26F6N2O4. The van der Waals surface area contributed by atoms with Crippen LogP contribution >= 0.6 is 0 Å². The maximum Gasteiger partial charge on any atom is 0.417 e. The number of hydrogen-bond acceptors (Lipinski definition) is 4. The molecule has 2 aromatic rings. The maximum absolute atomic E-state index is 13.9. The van der Waals surface area contributed by atoms with Gasteiger partial charge in [0.2, 0.25) is 0 Å². The molecule has 0 bridgehead atoms. The van der Waals surface area contributed by atoms with Crippen LogP contribution in [0.25, 0.3) is 11.1 Å². The summed E-state index contributed by atoms with van der Waals surface area (Å²) in [5.74, 6) is 0. The highest BCUT2D eigenvalue weighted by atomic mass is 19.4. The van der Waals surface area contributed by atoms with E-state index in [0.29, 0.717) is 12.1 Å². The van der Waals surface area contributed by atoms with E-state index < -0.39 is 58.0 Å². The van der Waals surface area contributed by atoms with Crippen LogP contribution in [-0.4, -0.2) is 23.4 Å². The number of anilines is 2. The predicted octanol–water partition coefficient (Wildman–Crippen LogP) is 8.09. The molecule has 2 N–H and O–H groups in total. The molecule has 36 heavy (non-hydrogen) atoms. The van der Waals surface area contributed by atoms with Gasteiger partial charge in [-0.2, -0.15) is 26.3 Å². The van der Waals surface area contributed by atoms with Crippen LogP contribution in [0, 0.1) is 0 Å². The number of ether oxygens (including phenoxy) is 2. The third-order valence-electron chi connectivity index (χ3n) is 4.23. The SMILES string of the molecule is CC(C)(C)OC(=O)Nc1ccc(-c2ccc(NC(=O)OC(C)(C)C)cc2C(F)(F)F)c(C(F)(F)F)c1. The lowest BCUT2D eigenvalue weighted by atomic mass is 9.93. The van der Waals surface area contributed by atoms with Crippen LogP contribution in [0.15, 0.2) is 36.4 Å². The lowest BCUT2D eigenvalue weighted by Gasteiger charge is -2.22. The normalized spacial score (nSPS) is 12.7.